The van der Waals surface area contributed by atoms with Crippen LogP contribution in [-0.2, 0) is 7.05 Å². The average Bonchev–Trinajstić information content (AvgIpc) is 3.24. The van der Waals surface area contributed by atoms with Gasteiger partial charge in [-0.05, 0) is 50.0 Å². The lowest BCUT2D eigenvalue weighted by molar-refractivity contribution is 0.0853. The van der Waals surface area contributed by atoms with E-state index in [1.165, 1.54) is 25.7 Å². The van der Waals surface area contributed by atoms with Crippen molar-refractivity contribution in [2.75, 3.05) is 0 Å². The quantitative estimate of drug-likeness (QED) is 0.866. The van der Waals surface area contributed by atoms with Gasteiger partial charge in [0.05, 0.1) is 0 Å². The highest BCUT2D eigenvalue weighted by molar-refractivity contribution is 5.92. The number of amides is 1. The summed E-state index contributed by atoms with van der Waals surface area (Å²) >= 11 is 0. The van der Waals surface area contributed by atoms with Gasteiger partial charge in [0.15, 0.2) is 0 Å². The van der Waals surface area contributed by atoms with E-state index in [-0.39, 0.29) is 11.4 Å². The summed E-state index contributed by atoms with van der Waals surface area (Å²) in [5.74, 6) is 1.39. The topological polar surface area (TPSA) is 46.9 Å². The fourth-order valence-corrected chi connectivity index (χ4v) is 3.21. The number of nitrogens with one attached hydrogen (secondary N) is 1. The van der Waals surface area contributed by atoms with Crippen LogP contribution in [0.1, 0.15) is 49.5 Å². The molecule has 2 aliphatic carbocycles. The number of carbonyl (C=O) groups is 1. The molecular weight excluding hydrogens is 226 g/mol. The minimum atomic E-state index is -0.00347. The van der Waals surface area contributed by atoms with Crippen molar-refractivity contribution >= 4 is 5.91 Å². The third-order valence-electron chi connectivity index (χ3n) is 4.49. The lowest BCUT2D eigenvalue weighted by Gasteiger charge is -2.34. The van der Waals surface area contributed by atoms with Gasteiger partial charge >= 0.3 is 0 Å². The van der Waals surface area contributed by atoms with E-state index < -0.39 is 0 Å². The Balaban J connectivity index is 1.78. The van der Waals surface area contributed by atoms with Crippen molar-refractivity contribution in [1.82, 2.24) is 15.1 Å². The molecule has 0 unspecified atom stereocenters. The molecule has 2 saturated carbocycles. The smallest absolute Gasteiger partial charge is 0.272 e. The Bertz CT molecular complexity index is 445. The molecule has 4 nitrogen and oxygen atoms in total. The first kappa shape index (κ1) is 11.8. The fraction of sp³-hybridized carbons (Fsp3) is 0.714. The van der Waals surface area contributed by atoms with Crippen LogP contribution in [0.5, 0.6) is 0 Å². The van der Waals surface area contributed by atoms with Crippen LogP contribution in [0.4, 0.5) is 0 Å². The Morgan fingerprint density at radius 1 is 1.44 bits per heavy atom. The Morgan fingerprint density at radius 3 is 2.44 bits per heavy atom. The molecule has 1 amide bonds. The van der Waals surface area contributed by atoms with E-state index in [1.54, 1.807) is 10.7 Å². The van der Waals surface area contributed by atoms with Gasteiger partial charge < -0.3 is 5.32 Å². The van der Waals surface area contributed by atoms with Gasteiger partial charge in [-0.25, -0.2) is 0 Å². The average molecular weight is 247 g/mol. The second-order valence-corrected chi connectivity index (χ2v) is 5.77. The number of hydrogen-bond donors (Lipinski definition) is 1. The van der Waals surface area contributed by atoms with Crippen molar-refractivity contribution in [2.45, 2.75) is 44.6 Å². The van der Waals surface area contributed by atoms with Gasteiger partial charge in [0.2, 0.25) is 0 Å². The molecule has 1 aromatic rings. The van der Waals surface area contributed by atoms with Crippen molar-refractivity contribution in [3.05, 3.63) is 18.0 Å². The molecule has 98 valence electrons. The zero-order valence-electron chi connectivity index (χ0n) is 11.1. The summed E-state index contributed by atoms with van der Waals surface area (Å²) in [6.45, 7) is 2.20. The number of rotatable bonds is 5. The standard InChI is InChI=1S/C14H21N3O/c1-3-14(10-4-5-10,11-6-7-11)15-13(18)12-8-9-17(2)16-12/h8-11H,3-7H2,1-2H3,(H,15,18). The molecular formula is C14H21N3O. The van der Waals surface area contributed by atoms with Crippen molar-refractivity contribution in [2.24, 2.45) is 18.9 Å². The summed E-state index contributed by atoms with van der Waals surface area (Å²) in [6.07, 6.45) is 7.94. The molecule has 3 rings (SSSR count). The fourth-order valence-electron chi connectivity index (χ4n) is 3.21. The predicted molar refractivity (Wildman–Crippen MR) is 69.1 cm³/mol. The maximum absolute atomic E-state index is 12.3. The first-order valence-corrected chi connectivity index (χ1v) is 6.98. The minimum absolute atomic E-state index is 0.00347. The number of carbonyl (C=O) groups excluding carboxylic acids is 1. The lowest BCUT2D eigenvalue weighted by Crippen LogP contribution is -2.52. The highest BCUT2D eigenvalue weighted by Gasteiger charge is 2.53. The van der Waals surface area contributed by atoms with E-state index in [4.69, 9.17) is 0 Å². The summed E-state index contributed by atoms with van der Waals surface area (Å²) < 4.78 is 1.68. The second kappa shape index (κ2) is 4.11. The van der Waals surface area contributed by atoms with Crippen molar-refractivity contribution in [3.63, 3.8) is 0 Å². The van der Waals surface area contributed by atoms with Gasteiger partial charge in [0, 0.05) is 18.8 Å². The molecule has 0 aliphatic heterocycles. The molecule has 0 saturated heterocycles. The van der Waals surface area contributed by atoms with Crippen LogP contribution in [0.2, 0.25) is 0 Å². The van der Waals surface area contributed by atoms with E-state index in [1.807, 2.05) is 13.2 Å². The van der Waals surface area contributed by atoms with Crippen molar-refractivity contribution in [1.29, 1.82) is 0 Å². The Morgan fingerprint density at radius 2 is 2.06 bits per heavy atom. The first-order chi connectivity index (χ1) is 8.65. The predicted octanol–water partition coefficient (Wildman–Crippen LogP) is 2.12. The molecule has 1 N–H and O–H groups in total. The number of aryl methyl sites for hydroxylation is 1. The highest BCUT2D eigenvalue weighted by atomic mass is 16.2. The minimum Gasteiger partial charge on any atom is -0.345 e. The van der Waals surface area contributed by atoms with Crippen LogP contribution >= 0.6 is 0 Å². The highest BCUT2D eigenvalue weighted by Crippen LogP contribution is 2.53. The zero-order chi connectivity index (χ0) is 12.8. The Hall–Kier alpha value is -1.32. The molecule has 4 heteroatoms. The largest absolute Gasteiger partial charge is 0.345 e. The summed E-state index contributed by atoms with van der Waals surface area (Å²) in [6, 6.07) is 1.79. The van der Waals surface area contributed by atoms with E-state index in [0.717, 1.165) is 6.42 Å². The van der Waals surface area contributed by atoms with E-state index in [9.17, 15) is 4.79 Å². The maximum Gasteiger partial charge on any atom is 0.272 e. The van der Waals surface area contributed by atoms with Gasteiger partial charge in [0.1, 0.15) is 5.69 Å². The van der Waals surface area contributed by atoms with Gasteiger partial charge in [-0.15, -0.1) is 0 Å². The van der Waals surface area contributed by atoms with Gasteiger partial charge in [-0.1, -0.05) is 6.92 Å². The summed E-state index contributed by atoms with van der Waals surface area (Å²) in [5, 5.41) is 7.51. The van der Waals surface area contributed by atoms with Gasteiger partial charge in [-0.2, -0.15) is 5.10 Å². The molecule has 2 aliphatic rings. The third-order valence-corrected chi connectivity index (χ3v) is 4.49. The molecule has 1 aromatic heterocycles. The van der Waals surface area contributed by atoms with Crippen LogP contribution in [0.3, 0.4) is 0 Å². The molecule has 0 aromatic carbocycles. The number of hydrogen-bond acceptors (Lipinski definition) is 2. The maximum atomic E-state index is 12.3. The van der Waals surface area contributed by atoms with Crippen molar-refractivity contribution in [3.8, 4) is 0 Å². The van der Waals surface area contributed by atoms with Crippen LogP contribution in [-0.4, -0.2) is 21.2 Å². The second-order valence-electron chi connectivity index (χ2n) is 5.77. The molecule has 0 bridgehead atoms. The molecule has 0 spiro atoms. The van der Waals surface area contributed by atoms with E-state index >= 15 is 0 Å². The monoisotopic (exact) mass is 247 g/mol. The van der Waals surface area contributed by atoms with Crippen LogP contribution < -0.4 is 5.32 Å². The molecule has 1 heterocycles. The van der Waals surface area contributed by atoms with E-state index in [0.29, 0.717) is 17.5 Å². The summed E-state index contributed by atoms with van der Waals surface area (Å²) in [7, 11) is 1.84. The third kappa shape index (κ3) is 1.93. The molecule has 2 fully saturated rings. The zero-order valence-corrected chi connectivity index (χ0v) is 11.1. The normalized spacial score (nSPS) is 19.9. The number of aromatic nitrogens is 2. The van der Waals surface area contributed by atoms with Gasteiger partial charge in [0.25, 0.3) is 5.91 Å². The lowest BCUT2D eigenvalue weighted by atomic mass is 9.84. The summed E-state index contributed by atoms with van der Waals surface area (Å²) in [4.78, 5) is 12.3. The Labute approximate surface area is 108 Å². The number of nitrogens with zero attached hydrogens (tertiary/aromatic N) is 2. The van der Waals surface area contributed by atoms with Gasteiger partial charge in [-0.3, -0.25) is 9.48 Å². The van der Waals surface area contributed by atoms with Crippen LogP contribution in [0.25, 0.3) is 0 Å². The van der Waals surface area contributed by atoms with Crippen LogP contribution in [0.15, 0.2) is 12.3 Å². The van der Waals surface area contributed by atoms with Crippen molar-refractivity contribution < 1.29 is 4.79 Å². The van der Waals surface area contributed by atoms with Crippen LogP contribution in [0, 0.1) is 11.8 Å². The molecule has 0 radical (unpaired) electrons. The molecule has 18 heavy (non-hydrogen) atoms. The SMILES string of the molecule is CCC(NC(=O)c1ccn(C)n1)(C1CC1)C1CC1. The summed E-state index contributed by atoms with van der Waals surface area (Å²) in [5.41, 5.74) is 0.589. The molecule has 0 atom stereocenters. The van der Waals surface area contributed by atoms with E-state index in [2.05, 4.69) is 17.3 Å². The first-order valence-electron chi connectivity index (χ1n) is 6.98. The Kier molecular flexibility index (Phi) is 2.68.